The van der Waals surface area contributed by atoms with Crippen LogP contribution in [0.1, 0.15) is 61.1 Å². The molecule has 0 saturated carbocycles. The van der Waals surface area contributed by atoms with Gasteiger partial charge in [0.05, 0.1) is 19.0 Å². The molecule has 0 fully saturated rings. The van der Waals surface area contributed by atoms with Gasteiger partial charge in [0.2, 0.25) is 0 Å². The first-order valence-corrected chi connectivity index (χ1v) is 8.93. The van der Waals surface area contributed by atoms with Crippen LogP contribution in [0.3, 0.4) is 0 Å². The highest BCUT2D eigenvalue weighted by molar-refractivity contribution is 6.03. The van der Waals surface area contributed by atoms with Crippen LogP contribution in [0.2, 0.25) is 0 Å². The lowest BCUT2D eigenvalue weighted by atomic mass is 9.92. The second-order valence-corrected chi connectivity index (χ2v) is 6.78. The van der Waals surface area contributed by atoms with E-state index in [1.54, 1.807) is 13.3 Å². The number of hydrogen-bond donors (Lipinski definition) is 2. The lowest BCUT2D eigenvalue weighted by Crippen LogP contribution is -2.18. The Labute approximate surface area is 155 Å². The molecule has 0 bridgehead atoms. The Morgan fingerprint density at radius 3 is 2.23 bits per heavy atom. The standard InChI is InChI=1S/C20H28N4O2/c1-13(2)15-7-6-8-16(14(3)4)19(15)24-20(25)17-11-23-18(12-22-17)21-9-10-26-5/h6-8,11-14H,9-10H2,1-5H3,(H,21,23)(H,24,25). The van der Waals surface area contributed by atoms with Gasteiger partial charge in [-0.3, -0.25) is 4.79 Å². The maximum absolute atomic E-state index is 12.7. The topological polar surface area (TPSA) is 76.1 Å². The number of rotatable bonds is 8. The third-order valence-electron chi connectivity index (χ3n) is 4.11. The number of benzene rings is 1. The molecule has 0 atom stereocenters. The molecule has 1 aromatic carbocycles. The maximum Gasteiger partial charge on any atom is 0.275 e. The van der Waals surface area contributed by atoms with Crippen molar-refractivity contribution in [2.24, 2.45) is 0 Å². The number of hydrogen-bond acceptors (Lipinski definition) is 5. The molecule has 2 aromatic rings. The fourth-order valence-electron chi connectivity index (χ4n) is 2.69. The van der Waals surface area contributed by atoms with Crippen molar-refractivity contribution in [3.05, 3.63) is 47.4 Å². The molecule has 1 amide bonds. The van der Waals surface area contributed by atoms with Crippen molar-refractivity contribution >= 4 is 17.4 Å². The van der Waals surface area contributed by atoms with Crippen LogP contribution >= 0.6 is 0 Å². The summed E-state index contributed by atoms with van der Waals surface area (Å²) in [7, 11) is 1.64. The van der Waals surface area contributed by atoms with Gasteiger partial charge in [-0.25, -0.2) is 9.97 Å². The number of carbonyl (C=O) groups excluding carboxylic acids is 1. The van der Waals surface area contributed by atoms with Gasteiger partial charge < -0.3 is 15.4 Å². The monoisotopic (exact) mass is 356 g/mol. The van der Waals surface area contributed by atoms with E-state index in [1.807, 2.05) is 6.07 Å². The van der Waals surface area contributed by atoms with Crippen molar-refractivity contribution in [2.45, 2.75) is 39.5 Å². The van der Waals surface area contributed by atoms with Gasteiger partial charge >= 0.3 is 0 Å². The van der Waals surface area contributed by atoms with E-state index in [9.17, 15) is 4.79 Å². The molecule has 6 heteroatoms. The number of nitrogens with zero attached hydrogens (tertiary/aromatic N) is 2. The van der Waals surface area contributed by atoms with Crippen LogP contribution in [0.15, 0.2) is 30.6 Å². The number of aromatic nitrogens is 2. The molecule has 2 rings (SSSR count). The van der Waals surface area contributed by atoms with Gasteiger partial charge in [0.1, 0.15) is 11.5 Å². The van der Waals surface area contributed by atoms with E-state index in [-0.39, 0.29) is 11.6 Å². The highest BCUT2D eigenvalue weighted by atomic mass is 16.5. The van der Waals surface area contributed by atoms with E-state index < -0.39 is 0 Å². The van der Waals surface area contributed by atoms with Gasteiger partial charge in [-0.05, 0) is 23.0 Å². The molecule has 0 aliphatic heterocycles. The van der Waals surface area contributed by atoms with E-state index >= 15 is 0 Å². The zero-order chi connectivity index (χ0) is 19.1. The molecule has 0 spiro atoms. The number of para-hydroxylation sites is 1. The van der Waals surface area contributed by atoms with Crippen molar-refractivity contribution < 1.29 is 9.53 Å². The Morgan fingerprint density at radius 1 is 1.08 bits per heavy atom. The van der Waals surface area contributed by atoms with Gasteiger partial charge in [0.25, 0.3) is 5.91 Å². The molecular formula is C20H28N4O2. The normalized spacial score (nSPS) is 11.0. The molecule has 0 radical (unpaired) electrons. The Kier molecular flexibility index (Phi) is 7.09. The summed E-state index contributed by atoms with van der Waals surface area (Å²) in [6, 6.07) is 6.15. The lowest BCUT2D eigenvalue weighted by molar-refractivity contribution is 0.102. The summed E-state index contributed by atoms with van der Waals surface area (Å²) in [5.41, 5.74) is 3.41. The fraction of sp³-hybridized carbons (Fsp3) is 0.450. The van der Waals surface area contributed by atoms with Crippen LogP contribution in [0.25, 0.3) is 0 Å². The second kappa shape index (κ2) is 9.29. The van der Waals surface area contributed by atoms with Gasteiger partial charge in [0, 0.05) is 19.3 Å². The minimum Gasteiger partial charge on any atom is -0.383 e. The predicted octanol–water partition coefficient (Wildman–Crippen LogP) is 4.03. The highest BCUT2D eigenvalue weighted by Gasteiger charge is 2.17. The molecular weight excluding hydrogens is 328 g/mol. The fourth-order valence-corrected chi connectivity index (χ4v) is 2.69. The van der Waals surface area contributed by atoms with E-state index in [0.717, 1.165) is 16.8 Å². The molecule has 0 unspecified atom stereocenters. The Hall–Kier alpha value is -2.47. The first-order chi connectivity index (χ1) is 12.4. The molecule has 140 valence electrons. The van der Waals surface area contributed by atoms with Crippen molar-refractivity contribution in [3.63, 3.8) is 0 Å². The van der Waals surface area contributed by atoms with Crippen LogP contribution in [-0.2, 0) is 4.74 Å². The highest BCUT2D eigenvalue weighted by Crippen LogP contribution is 2.32. The third-order valence-corrected chi connectivity index (χ3v) is 4.11. The van der Waals surface area contributed by atoms with Crippen LogP contribution < -0.4 is 10.6 Å². The van der Waals surface area contributed by atoms with Gasteiger partial charge in [-0.15, -0.1) is 0 Å². The number of amides is 1. The summed E-state index contributed by atoms with van der Waals surface area (Å²) in [5, 5.41) is 6.13. The molecule has 0 aliphatic carbocycles. The van der Waals surface area contributed by atoms with E-state index in [1.165, 1.54) is 6.20 Å². The molecule has 26 heavy (non-hydrogen) atoms. The van der Waals surface area contributed by atoms with E-state index in [0.29, 0.717) is 30.8 Å². The molecule has 1 heterocycles. The average Bonchev–Trinajstić information content (AvgIpc) is 2.62. The van der Waals surface area contributed by atoms with E-state index in [2.05, 4.69) is 60.4 Å². The summed E-state index contributed by atoms with van der Waals surface area (Å²) >= 11 is 0. The van der Waals surface area contributed by atoms with Crippen LogP contribution in [0, 0.1) is 0 Å². The Morgan fingerprint density at radius 2 is 1.73 bits per heavy atom. The molecule has 2 N–H and O–H groups in total. The number of methoxy groups -OCH3 is 1. The van der Waals surface area contributed by atoms with Crippen LogP contribution in [0.4, 0.5) is 11.5 Å². The van der Waals surface area contributed by atoms with Crippen molar-refractivity contribution in [1.29, 1.82) is 0 Å². The van der Waals surface area contributed by atoms with Gasteiger partial charge in [0.15, 0.2) is 0 Å². The van der Waals surface area contributed by atoms with Gasteiger partial charge in [-0.1, -0.05) is 45.9 Å². The Balaban J connectivity index is 2.19. The number of ether oxygens (including phenoxy) is 1. The maximum atomic E-state index is 12.7. The summed E-state index contributed by atoms with van der Waals surface area (Å²) in [4.78, 5) is 21.1. The van der Waals surface area contributed by atoms with Gasteiger partial charge in [-0.2, -0.15) is 0 Å². The largest absolute Gasteiger partial charge is 0.383 e. The number of anilines is 2. The molecule has 0 aliphatic rings. The first kappa shape index (κ1) is 19.8. The predicted molar refractivity (Wildman–Crippen MR) is 105 cm³/mol. The SMILES string of the molecule is COCCNc1cnc(C(=O)Nc2c(C(C)C)cccc2C(C)C)cn1. The number of nitrogens with one attached hydrogen (secondary N) is 2. The number of carbonyl (C=O) groups is 1. The summed E-state index contributed by atoms with van der Waals surface area (Å²) in [6.45, 7) is 9.69. The summed E-state index contributed by atoms with van der Waals surface area (Å²) in [5.74, 6) is 0.977. The third kappa shape index (κ3) is 5.02. The minimum atomic E-state index is -0.254. The summed E-state index contributed by atoms with van der Waals surface area (Å²) in [6.07, 6.45) is 3.04. The second-order valence-electron chi connectivity index (χ2n) is 6.78. The quantitative estimate of drug-likeness (QED) is 0.698. The van der Waals surface area contributed by atoms with Crippen LogP contribution in [0.5, 0.6) is 0 Å². The lowest BCUT2D eigenvalue weighted by Gasteiger charge is -2.20. The zero-order valence-electron chi connectivity index (χ0n) is 16.2. The smallest absolute Gasteiger partial charge is 0.275 e. The average molecular weight is 356 g/mol. The van der Waals surface area contributed by atoms with Crippen molar-refractivity contribution in [1.82, 2.24) is 9.97 Å². The van der Waals surface area contributed by atoms with Crippen molar-refractivity contribution in [3.8, 4) is 0 Å². The van der Waals surface area contributed by atoms with E-state index in [4.69, 9.17) is 4.74 Å². The van der Waals surface area contributed by atoms with Crippen molar-refractivity contribution in [2.75, 3.05) is 30.9 Å². The minimum absolute atomic E-state index is 0.254. The van der Waals surface area contributed by atoms with Crippen LogP contribution in [-0.4, -0.2) is 36.1 Å². The summed E-state index contributed by atoms with van der Waals surface area (Å²) < 4.78 is 4.98. The molecule has 0 saturated heterocycles. The molecule has 1 aromatic heterocycles. The first-order valence-electron chi connectivity index (χ1n) is 8.93. The zero-order valence-corrected chi connectivity index (χ0v) is 16.2. The molecule has 6 nitrogen and oxygen atoms in total. The Bertz CT molecular complexity index is 701.